The minimum atomic E-state index is -1.37. The standard InChI is InChI=1S/C29H18NS.C19H26NSi.Ir/c1-3-8-20(9-4-1)22-14-15-24-25-12-7-13-26(29(25)31-28(24)19-22)27-18-23(16-17-30-27)21-10-5-2-6-11-21;1-19(2,3)13-16-12-17(15-10-8-7-9-11-15)20-14-18(16)21(4,5)6;/h1-12,14-19H;7-10,12,14H,13H2,1-6H3;/q2*-1;. The molecule has 0 atom stereocenters. The van der Waals surface area contributed by atoms with Crippen molar-refractivity contribution >= 4 is 44.8 Å². The zero-order valence-corrected chi connectivity index (χ0v) is 35.4. The van der Waals surface area contributed by atoms with Crippen LogP contribution >= 0.6 is 11.3 Å². The molecule has 8 aromatic rings. The summed E-state index contributed by atoms with van der Waals surface area (Å²) in [5, 5.41) is 4.03. The quantitative estimate of drug-likeness (QED) is 0.123. The molecule has 5 heteroatoms. The first-order valence-corrected chi connectivity index (χ1v) is 22.3. The van der Waals surface area contributed by atoms with Crippen LogP contribution in [0.15, 0.2) is 146 Å². The van der Waals surface area contributed by atoms with Gasteiger partial charge in [-0.2, -0.15) is 11.3 Å². The monoisotopic (exact) mass is 901 g/mol. The molecule has 0 saturated carbocycles. The molecule has 8 rings (SSSR count). The molecule has 0 aliphatic carbocycles. The van der Waals surface area contributed by atoms with Gasteiger partial charge in [-0.3, -0.25) is 0 Å². The Morgan fingerprint density at radius 2 is 1.30 bits per heavy atom. The van der Waals surface area contributed by atoms with Crippen LogP contribution in [-0.4, -0.2) is 18.0 Å². The molecule has 5 aromatic carbocycles. The second kappa shape index (κ2) is 16.2. The van der Waals surface area contributed by atoms with Crippen molar-refractivity contribution in [3.8, 4) is 44.8 Å². The van der Waals surface area contributed by atoms with Gasteiger partial charge in [0.1, 0.15) is 0 Å². The first-order chi connectivity index (χ1) is 25.0. The van der Waals surface area contributed by atoms with E-state index < -0.39 is 8.07 Å². The average molecular weight is 901 g/mol. The van der Waals surface area contributed by atoms with Gasteiger partial charge in [0.15, 0.2) is 0 Å². The molecule has 3 heterocycles. The minimum absolute atomic E-state index is 0. The van der Waals surface area contributed by atoms with E-state index in [4.69, 9.17) is 9.97 Å². The molecular weight excluding hydrogens is 857 g/mol. The van der Waals surface area contributed by atoms with Gasteiger partial charge in [0.05, 0.1) is 8.07 Å². The fourth-order valence-corrected chi connectivity index (χ4v) is 9.53. The summed E-state index contributed by atoms with van der Waals surface area (Å²) >= 11 is 1.82. The molecule has 0 N–H and O–H groups in total. The van der Waals surface area contributed by atoms with E-state index in [0.717, 1.165) is 28.9 Å². The number of hydrogen-bond donors (Lipinski definition) is 0. The van der Waals surface area contributed by atoms with Crippen LogP contribution in [0.25, 0.3) is 64.9 Å². The third-order valence-corrected chi connectivity index (χ3v) is 12.4. The summed E-state index contributed by atoms with van der Waals surface area (Å²) in [7, 11) is -1.37. The van der Waals surface area contributed by atoms with Crippen molar-refractivity contribution in [3.63, 3.8) is 0 Å². The molecule has 0 spiro atoms. The SMILES string of the molecule is CC(C)(C)Cc1cc(-c2[c-]cccc2)ncc1[Si](C)(C)C.[Ir].[c-]1ccc2c(sc3cc(-c4ccccc4)ccc32)c1-c1cc(-c2ccccc2)ccn1. The van der Waals surface area contributed by atoms with Gasteiger partial charge in [-0.25, -0.2) is 0 Å². The predicted octanol–water partition coefficient (Wildman–Crippen LogP) is 12.9. The molecule has 3 aromatic heterocycles. The Labute approximate surface area is 333 Å². The van der Waals surface area contributed by atoms with Crippen molar-refractivity contribution in [2.24, 2.45) is 5.41 Å². The molecule has 0 saturated heterocycles. The van der Waals surface area contributed by atoms with Crippen LogP contribution < -0.4 is 5.19 Å². The predicted molar refractivity (Wildman–Crippen MR) is 227 cm³/mol. The summed E-state index contributed by atoms with van der Waals surface area (Å²) in [6, 6.07) is 53.3. The molecule has 2 nitrogen and oxygen atoms in total. The van der Waals surface area contributed by atoms with Gasteiger partial charge < -0.3 is 9.97 Å². The largest absolute Gasteiger partial charge is 0.305 e. The van der Waals surface area contributed by atoms with Gasteiger partial charge in [0, 0.05) is 37.2 Å². The smallest absolute Gasteiger partial charge is 0.0798 e. The Morgan fingerprint density at radius 1 is 0.623 bits per heavy atom. The Balaban J connectivity index is 0.000000193. The second-order valence-corrected chi connectivity index (χ2v) is 21.7. The van der Waals surface area contributed by atoms with Crippen LogP contribution in [0.5, 0.6) is 0 Å². The molecule has 0 unspecified atom stereocenters. The van der Waals surface area contributed by atoms with Crippen LogP contribution in [0.3, 0.4) is 0 Å². The fourth-order valence-electron chi connectivity index (χ4n) is 6.71. The second-order valence-electron chi connectivity index (χ2n) is 15.6. The minimum Gasteiger partial charge on any atom is -0.305 e. The number of rotatable bonds is 6. The summed E-state index contributed by atoms with van der Waals surface area (Å²) in [6.07, 6.45) is 5.10. The van der Waals surface area contributed by atoms with Gasteiger partial charge >= 0.3 is 0 Å². The number of aromatic nitrogens is 2. The average Bonchev–Trinajstić information content (AvgIpc) is 3.53. The number of hydrogen-bond acceptors (Lipinski definition) is 3. The molecule has 0 fully saturated rings. The van der Waals surface area contributed by atoms with Crippen molar-refractivity contribution in [2.75, 3.05) is 0 Å². The van der Waals surface area contributed by atoms with Crippen LogP contribution in [-0.2, 0) is 26.5 Å². The first kappa shape index (κ1) is 38.2. The van der Waals surface area contributed by atoms with Crippen molar-refractivity contribution < 1.29 is 20.1 Å². The van der Waals surface area contributed by atoms with Crippen LogP contribution in [0, 0.1) is 17.5 Å². The van der Waals surface area contributed by atoms with E-state index in [-0.39, 0.29) is 25.5 Å². The molecule has 267 valence electrons. The van der Waals surface area contributed by atoms with E-state index in [9.17, 15) is 0 Å². The molecule has 0 aliphatic heterocycles. The Kier molecular flexibility index (Phi) is 11.7. The maximum atomic E-state index is 4.71. The Morgan fingerprint density at radius 3 is 1.94 bits per heavy atom. The topological polar surface area (TPSA) is 25.8 Å². The van der Waals surface area contributed by atoms with E-state index in [1.165, 1.54) is 53.2 Å². The van der Waals surface area contributed by atoms with Crippen LogP contribution in [0.2, 0.25) is 19.6 Å². The fraction of sp³-hybridized carbons (Fsp3) is 0.167. The molecule has 53 heavy (non-hydrogen) atoms. The van der Waals surface area contributed by atoms with Crippen molar-refractivity contribution in [2.45, 2.75) is 46.8 Å². The summed E-state index contributed by atoms with van der Waals surface area (Å²) in [4.78, 5) is 9.41. The Hall–Kier alpha value is -4.51. The summed E-state index contributed by atoms with van der Waals surface area (Å²) in [6.45, 7) is 14.1. The Bertz CT molecular complexity index is 2450. The normalized spacial score (nSPS) is 11.5. The van der Waals surface area contributed by atoms with Crippen molar-refractivity contribution in [1.29, 1.82) is 0 Å². The number of pyridine rings is 2. The zero-order valence-electron chi connectivity index (χ0n) is 31.2. The summed E-state index contributed by atoms with van der Waals surface area (Å²) in [5.74, 6) is 0. The van der Waals surface area contributed by atoms with Gasteiger partial charge in [-0.15, -0.1) is 59.7 Å². The first-order valence-electron chi connectivity index (χ1n) is 17.9. The van der Waals surface area contributed by atoms with E-state index in [1.54, 1.807) is 0 Å². The third-order valence-electron chi connectivity index (χ3n) is 9.17. The maximum Gasteiger partial charge on any atom is 0.0798 e. The van der Waals surface area contributed by atoms with E-state index >= 15 is 0 Å². The molecular formula is C48H44IrN2SSi-2. The van der Waals surface area contributed by atoms with Crippen LogP contribution in [0.4, 0.5) is 0 Å². The van der Waals surface area contributed by atoms with Gasteiger partial charge in [-0.1, -0.05) is 136 Å². The number of benzene rings is 5. The maximum absolute atomic E-state index is 4.71. The molecule has 1 radical (unpaired) electrons. The van der Waals surface area contributed by atoms with Gasteiger partial charge in [0.2, 0.25) is 0 Å². The molecule has 0 bridgehead atoms. The van der Waals surface area contributed by atoms with Gasteiger partial charge in [-0.05, 0) is 72.9 Å². The third kappa shape index (κ3) is 9.00. The number of nitrogens with zero attached hydrogens (tertiary/aromatic N) is 2. The van der Waals surface area contributed by atoms with Crippen LogP contribution in [0.1, 0.15) is 26.3 Å². The molecule has 0 amide bonds. The summed E-state index contributed by atoms with van der Waals surface area (Å²) < 4.78 is 2.52. The summed E-state index contributed by atoms with van der Waals surface area (Å²) in [5.41, 5.74) is 10.7. The molecule has 0 aliphatic rings. The van der Waals surface area contributed by atoms with E-state index in [2.05, 4.69) is 162 Å². The van der Waals surface area contributed by atoms with Gasteiger partial charge in [0.25, 0.3) is 0 Å². The van der Waals surface area contributed by atoms with E-state index in [0.29, 0.717) is 0 Å². The zero-order chi connectivity index (χ0) is 36.3. The van der Waals surface area contributed by atoms with Crippen molar-refractivity contribution in [3.05, 3.63) is 164 Å². The van der Waals surface area contributed by atoms with Crippen molar-refractivity contribution in [1.82, 2.24) is 9.97 Å². The van der Waals surface area contributed by atoms with E-state index in [1.807, 2.05) is 47.9 Å². The number of thiophene rings is 1. The number of fused-ring (bicyclic) bond motifs is 3.